The van der Waals surface area contributed by atoms with E-state index >= 15 is 0 Å². The maximum atomic E-state index is 12.5. The van der Waals surface area contributed by atoms with E-state index < -0.39 is 0 Å². The second-order valence-electron chi connectivity index (χ2n) is 6.95. The SMILES string of the molecule is COc1ccc(CC2C(=O)C=C(OC(C)C)CC2(C)C)cc1. The van der Waals surface area contributed by atoms with E-state index in [-0.39, 0.29) is 23.2 Å². The minimum absolute atomic E-state index is 0.0135. The van der Waals surface area contributed by atoms with Crippen LogP contribution in [0.4, 0.5) is 0 Å². The lowest BCUT2D eigenvalue weighted by atomic mass is 9.68. The highest BCUT2D eigenvalue weighted by molar-refractivity contribution is 5.93. The number of hydrogen-bond donors (Lipinski definition) is 0. The summed E-state index contributed by atoms with van der Waals surface area (Å²) in [6.45, 7) is 8.27. The zero-order chi connectivity index (χ0) is 16.3. The Labute approximate surface area is 133 Å². The molecule has 0 radical (unpaired) electrons. The molecule has 0 spiro atoms. The fraction of sp³-hybridized carbons (Fsp3) is 0.526. The molecular weight excluding hydrogens is 276 g/mol. The van der Waals surface area contributed by atoms with Gasteiger partial charge < -0.3 is 9.47 Å². The molecule has 3 heteroatoms. The molecule has 2 rings (SSSR count). The minimum Gasteiger partial charge on any atom is -0.497 e. The molecule has 120 valence electrons. The topological polar surface area (TPSA) is 35.5 Å². The lowest BCUT2D eigenvalue weighted by Gasteiger charge is -2.37. The Hall–Kier alpha value is -1.77. The van der Waals surface area contributed by atoms with E-state index in [0.29, 0.717) is 0 Å². The van der Waals surface area contributed by atoms with Gasteiger partial charge in [-0.25, -0.2) is 0 Å². The summed E-state index contributed by atoms with van der Waals surface area (Å²) in [4.78, 5) is 12.5. The first-order valence-corrected chi connectivity index (χ1v) is 7.86. The number of methoxy groups -OCH3 is 1. The van der Waals surface area contributed by atoms with Crippen LogP contribution in [0.15, 0.2) is 36.1 Å². The van der Waals surface area contributed by atoms with Crippen LogP contribution in [0, 0.1) is 11.3 Å². The maximum Gasteiger partial charge on any atom is 0.162 e. The molecule has 0 bridgehead atoms. The van der Waals surface area contributed by atoms with Gasteiger partial charge in [0.15, 0.2) is 5.78 Å². The normalized spacial score (nSPS) is 20.7. The molecule has 1 aromatic carbocycles. The van der Waals surface area contributed by atoms with Gasteiger partial charge >= 0.3 is 0 Å². The highest BCUT2D eigenvalue weighted by Crippen LogP contribution is 2.41. The molecule has 1 aromatic rings. The van der Waals surface area contributed by atoms with Crippen molar-refractivity contribution >= 4 is 5.78 Å². The highest BCUT2D eigenvalue weighted by atomic mass is 16.5. The summed E-state index contributed by atoms with van der Waals surface area (Å²) in [5, 5.41) is 0. The molecule has 1 aliphatic rings. The number of ether oxygens (including phenoxy) is 2. The Bertz CT molecular complexity index is 553. The van der Waals surface area contributed by atoms with Crippen LogP contribution >= 0.6 is 0 Å². The zero-order valence-corrected chi connectivity index (χ0v) is 14.2. The highest BCUT2D eigenvalue weighted by Gasteiger charge is 2.39. The molecule has 0 amide bonds. The van der Waals surface area contributed by atoms with Crippen LogP contribution in [0.1, 0.15) is 39.7 Å². The molecule has 0 saturated heterocycles. The van der Waals surface area contributed by atoms with Gasteiger partial charge in [0.25, 0.3) is 0 Å². The summed E-state index contributed by atoms with van der Waals surface area (Å²) in [5.74, 6) is 1.81. The Kier molecular flexibility index (Phi) is 4.94. The van der Waals surface area contributed by atoms with Crippen LogP contribution in [-0.4, -0.2) is 19.0 Å². The van der Waals surface area contributed by atoms with Gasteiger partial charge in [0.2, 0.25) is 0 Å². The van der Waals surface area contributed by atoms with E-state index in [4.69, 9.17) is 9.47 Å². The molecule has 0 fully saturated rings. The molecule has 22 heavy (non-hydrogen) atoms. The van der Waals surface area contributed by atoms with E-state index in [9.17, 15) is 4.79 Å². The van der Waals surface area contributed by atoms with Crippen molar-refractivity contribution in [2.75, 3.05) is 7.11 Å². The summed E-state index contributed by atoms with van der Waals surface area (Å²) >= 11 is 0. The van der Waals surface area contributed by atoms with Crippen molar-refractivity contribution in [1.29, 1.82) is 0 Å². The molecule has 1 atom stereocenters. The van der Waals surface area contributed by atoms with Crippen LogP contribution in [0.5, 0.6) is 5.75 Å². The van der Waals surface area contributed by atoms with Crippen LogP contribution in [0.25, 0.3) is 0 Å². The Morgan fingerprint density at radius 3 is 2.36 bits per heavy atom. The van der Waals surface area contributed by atoms with Crippen molar-refractivity contribution < 1.29 is 14.3 Å². The average molecular weight is 302 g/mol. The number of carbonyl (C=O) groups excluding carboxylic acids is 1. The minimum atomic E-state index is -0.101. The summed E-state index contributed by atoms with van der Waals surface area (Å²) in [5.41, 5.74) is 1.06. The zero-order valence-electron chi connectivity index (χ0n) is 14.2. The van der Waals surface area contributed by atoms with Gasteiger partial charge in [0.05, 0.1) is 13.2 Å². The molecule has 0 aliphatic heterocycles. The monoisotopic (exact) mass is 302 g/mol. The lowest BCUT2D eigenvalue weighted by molar-refractivity contribution is -0.123. The standard InChI is InChI=1S/C19H26O3/c1-13(2)22-16-11-18(20)17(19(3,4)12-16)10-14-6-8-15(21-5)9-7-14/h6-9,11,13,17H,10,12H2,1-5H3. The Balaban J connectivity index is 2.15. The van der Waals surface area contributed by atoms with Gasteiger partial charge in [-0.05, 0) is 43.4 Å². The van der Waals surface area contributed by atoms with Crippen LogP contribution in [0.2, 0.25) is 0 Å². The molecule has 0 aromatic heterocycles. The fourth-order valence-electron chi connectivity index (χ4n) is 3.02. The number of hydrogen-bond acceptors (Lipinski definition) is 3. The third-order valence-corrected chi connectivity index (χ3v) is 4.21. The van der Waals surface area contributed by atoms with E-state index in [1.54, 1.807) is 13.2 Å². The molecule has 1 aliphatic carbocycles. The first-order valence-electron chi connectivity index (χ1n) is 7.86. The van der Waals surface area contributed by atoms with E-state index in [1.807, 2.05) is 38.1 Å². The number of carbonyl (C=O) groups is 1. The second kappa shape index (κ2) is 6.55. The summed E-state index contributed by atoms with van der Waals surface area (Å²) in [7, 11) is 1.66. The summed E-state index contributed by atoms with van der Waals surface area (Å²) < 4.78 is 10.9. The largest absolute Gasteiger partial charge is 0.497 e. The third kappa shape index (κ3) is 3.90. The first-order chi connectivity index (χ1) is 10.3. The predicted molar refractivity (Wildman–Crippen MR) is 87.9 cm³/mol. The Morgan fingerprint density at radius 1 is 1.23 bits per heavy atom. The van der Waals surface area contributed by atoms with Crippen molar-refractivity contribution in [1.82, 2.24) is 0 Å². The molecule has 0 N–H and O–H groups in total. The smallest absolute Gasteiger partial charge is 0.162 e. The quantitative estimate of drug-likeness (QED) is 0.819. The summed E-state index contributed by atoms with van der Waals surface area (Å²) in [6, 6.07) is 7.95. The number of rotatable bonds is 5. The van der Waals surface area contributed by atoms with Crippen molar-refractivity contribution in [3.05, 3.63) is 41.7 Å². The van der Waals surface area contributed by atoms with Crippen molar-refractivity contribution in [3.8, 4) is 5.75 Å². The Morgan fingerprint density at radius 2 is 1.86 bits per heavy atom. The van der Waals surface area contributed by atoms with E-state index in [2.05, 4.69) is 13.8 Å². The van der Waals surface area contributed by atoms with E-state index in [1.165, 1.54) is 0 Å². The van der Waals surface area contributed by atoms with Crippen molar-refractivity contribution in [2.24, 2.45) is 11.3 Å². The fourth-order valence-corrected chi connectivity index (χ4v) is 3.02. The van der Waals surface area contributed by atoms with E-state index in [0.717, 1.165) is 29.9 Å². The van der Waals surface area contributed by atoms with Gasteiger partial charge in [-0.1, -0.05) is 26.0 Å². The van der Waals surface area contributed by atoms with Crippen LogP contribution < -0.4 is 4.74 Å². The number of benzene rings is 1. The van der Waals surface area contributed by atoms with Gasteiger partial charge in [0, 0.05) is 18.4 Å². The molecule has 0 saturated carbocycles. The number of allylic oxidation sites excluding steroid dienone is 2. The lowest BCUT2D eigenvalue weighted by Crippen LogP contribution is -2.36. The second-order valence-corrected chi connectivity index (χ2v) is 6.95. The molecule has 1 unspecified atom stereocenters. The van der Waals surface area contributed by atoms with Crippen molar-refractivity contribution in [3.63, 3.8) is 0 Å². The average Bonchev–Trinajstić information content (AvgIpc) is 2.42. The van der Waals surface area contributed by atoms with Gasteiger partial charge in [-0.15, -0.1) is 0 Å². The van der Waals surface area contributed by atoms with Gasteiger partial charge in [0.1, 0.15) is 11.5 Å². The van der Waals surface area contributed by atoms with Crippen LogP contribution in [0.3, 0.4) is 0 Å². The van der Waals surface area contributed by atoms with Gasteiger partial charge in [-0.3, -0.25) is 4.79 Å². The molecular formula is C19H26O3. The summed E-state index contributed by atoms with van der Waals surface area (Å²) in [6.07, 6.45) is 3.35. The third-order valence-electron chi connectivity index (χ3n) is 4.21. The van der Waals surface area contributed by atoms with Gasteiger partial charge in [-0.2, -0.15) is 0 Å². The van der Waals surface area contributed by atoms with Crippen LogP contribution in [-0.2, 0) is 16.0 Å². The predicted octanol–water partition coefficient (Wildman–Crippen LogP) is 4.16. The maximum absolute atomic E-state index is 12.5. The number of ketones is 1. The first kappa shape index (κ1) is 16.6. The van der Waals surface area contributed by atoms with Crippen molar-refractivity contribution in [2.45, 2.75) is 46.6 Å². The molecule has 0 heterocycles. The molecule has 3 nitrogen and oxygen atoms in total.